The molecule has 1 unspecified atom stereocenters. The summed E-state index contributed by atoms with van der Waals surface area (Å²) in [4.78, 5) is 15.0. The molecule has 0 radical (unpaired) electrons. The van der Waals surface area contributed by atoms with Crippen LogP contribution >= 0.6 is 0 Å². The molecule has 5 heteroatoms. The number of likely N-dealkylation sites (tertiary alicyclic amines) is 1. The maximum absolute atomic E-state index is 12.9. The number of hydrogen-bond donors (Lipinski definition) is 1. The Morgan fingerprint density at radius 2 is 2.33 bits per heavy atom. The fourth-order valence-corrected chi connectivity index (χ4v) is 3.75. The Balaban J connectivity index is 1.71. The van der Waals surface area contributed by atoms with Gasteiger partial charge in [0.05, 0.1) is 12.1 Å². The molecule has 116 valence electrons. The number of carbonyl (C=O) groups is 1. The molecule has 0 aromatic carbocycles. The van der Waals surface area contributed by atoms with Gasteiger partial charge in [0.1, 0.15) is 0 Å². The molecule has 3 heterocycles. The molecular weight excluding hydrogens is 264 g/mol. The molecule has 3 rings (SSSR count). The molecule has 3 atom stereocenters. The lowest BCUT2D eigenvalue weighted by molar-refractivity contribution is -0.137. The van der Waals surface area contributed by atoms with Crippen molar-refractivity contribution in [3.8, 4) is 0 Å². The van der Waals surface area contributed by atoms with Gasteiger partial charge in [-0.15, -0.1) is 0 Å². The molecule has 2 saturated heterocycles. The first-order chi connectivity index (χ1) is 10.2. The summed E-state index contributed by atoms with van der Waals surface area (Å²) in [5, 5.41) is 7.65. The maximum Gasteiger partial charge on any atom is 0.227 e. The predicted octanol–water partition coefficient (Wildman–Crippen LogP) is 1.37. The van der Waals surface area contributed by atoms with Crippen molar-refractivity contribution < 1.29 is 4.79 Å². The second kappa shape index (κ2) is 6.18. The van der Waals surface area contributed by atoms with E-state index in [0.29, 0.717) is 11.8 Å². The number of piperidine rings is 1. The first kappa shape index (κ1) is 14.6. The minimum Gasteiger partial charge on any atom is -0.342 e. The van der Waals surface area contributed by atoms with Gasteiger partial charge in [0.25, 0.3) is 0 Å². The topological polar surface area (TPSA) is 50.2 Å². The molecule has 0 bridgehead atoms. The summed E-state index contributed by atoms with van der Waals surface area (Å²) in [5.41, 5.74) is 1.19. The first-order valence-electron chi connectivity index (χ1n) is 8.17. The highest BCUT2D eigenvalue weighted by atomic mass is 16.2. The van der Waals surface area contributed by atoms with Gasteiger partial charge < -0.3 is 10.2 Å². The molecule has 0 aliphatic carbocycles. The second-order valence-corrected chi connectivity index (χ2v) is 6.52. The van der Waals surface area contributed by atoms with Gasteiger partial charge in [-0.2, -0.15) is 5.10 Å². The number of aryl methyl sites for hydroxylation is 1. The highest BCUT2D eigenvalue weighted by Crippen LogP contribution is 2.31. The monoisotopic (exact) mass is 290 g/mol. The molecule has 21 heavy (non-hydrogen) atoms. The molecular formula is C16H26N4O. The van der Waals surface area contributed by atoms with Gasteiger partial charge in [-0.05, 0) is 24.3 Å². The number of hydrogen-bond acceptors (Lipinski definition) is 3. The van der Waals surface area contributed by atoms with Crippen LogP contribution in [-0.4, -0.2) is 46.8 Å². The summed E-state index contributed by atoms with van der Waals surface area (Å²) >= 11 is 0. The Morgan fingerprint density at radius 1 is 1.48 bits per heavy atom. The highest BCUT2D eigenvalue weighted by molar-refractivity contribution is 5.80. The predicted molar refractivity (Wildman–Crippen MR) is 81.9 cm³/mol. The van der Waals surface area contributed by atoms with Crippen LogP contribution < -0.4 is 5.32 Å². The van der Waals surface area contributed by atoms with E-state index in [2.05, 4.69) is 22.2 Å². The van der Waals surface area contributed by atoms with Crippen LogP contribution in [0.25, 0.3) is 0 Å². The number of rotatable bonds is 3. The fourth-order valence-electron chi connectivity index (χ4n) is 3.75. The van der Waals surface area contributed by atoms with E-state index in [4.69, 9.17) is 0 Å². The number of nitrogens with one attached hydrogen (secondary N) is 1. The van der Waals surface area contributed by atoms with Crippen molar-refractivity contribution in [2.24, 2.45) is 18.9 Å². The van der Waals surface area contributed by atoms with E-state index in [9.17, 15) is 4.79 Å². The smallest absolute Gasteiger partial charge is 0.227 e. The van der Waals surface area contributed by atoms with Crippen molar-refractivity contribution in [2.45, 2.75) is 32.1 Å². The normalized spacial score (nSPS) is 29.8. The summed E-state index contributed by atoms with van der Waals surface area (Å²) in [7, 11) is 1.93. The zero-order valence-electron chi connectivity index (χ0n) is 13.1. The van der Waals surface area contributed by atoms with Crippen LogP contribution in [0.2, 0.25) is 0 Å². The molecule has 5 nitrogen and oxygen atoms in total. The van der Waals surface area contributed by atoms with E-state index in [1.165, 1.54) is 18.4 Å². The Morgan fingerprint density at radius 3 is 3.05 bits per heavy atom. The average molecular weight is 290 g/mol. The number of carbonyl (C=O) groups excluding carboxylic acids is 1. The molecule has 2 fully saturated rings. The van der Waals surface area contributed by atoms with Gasteiger partial charge in [0.15, 0.2) is 0 Å². The Kier molecular flexibility index (Phi) is 4.29. The van der Waals surface area contributed by atoms with Crippen LogP contribution in [0.5, 0.6) is 0 Å². The van der Waals surface area contributed by atoms with Gasteiger partial charge in [0, 0.05) is 45.3 Å². The molecule has 1 aromatic heterocycles. The van der Waals surface area contributed by atoms with Gasteiger partial charge in [-0.3, -0.25) is 9.48 Å². The van der Waals surface area contributed by atoms with Crippen molar-refractivity contribution in [3.05, 3.63) is 18.0 Å². The van der Waals surface area contributed by atoms with Gasteiger partial charge >= 0.3 is 0 Å². The van der Waals surface area contributed by atoms with E-state index < -0.39 is 0 Å². The maximum atomic E-state index is 12.9. The zero-order valence-corrected chi connectivity index (χ0v) is 13.1. The number of nitrogens with zero attached hydrogens (tertiary/aromatic N) is 3. The van der Waals surface area contributed by atoms with E-state index in [1.807, 2.05) is 24.1 Å². The van der Waals surface area contributed by atoms with E-state index >= 15 is 0 Å². The quantitative estimate of drug-likeness (QED) is 0.915. The van der Waals surface area contributed by atoms with Gasteiger partial charge in [-0.1, -0.05) is 13.3 Å². The molecule has 0 spiro atoms. The third-order valence-corrected chi connectivity index (χ3v) is 5.09. The zero-order chi connectivity index (χ0) is 14.8. The van der Waals surface area contributed by atoms with Crippen molar-refractivity contribution in [1.29, 1.82) is 0 Å². The van der Waals surface area contributed by atoms with Crippen molar-refractivity contribution in [3.63, 3.8) is 0 Å². The molecule has 2 aliphatic heterocycles. The summed E-state index contributed by atoms with van der Waals surface area (Å²) in [5.74, 6) is 1.37. The standard InChI is InChI=1S/C16H26N4O/c1-3-12-5-4-6-20(10-12)16(21)15-9-17-8-14(15)13-7-18-19(2)11-13/h7,11-12,14-15,17H,3-6,8-10H2,1-2H3/t12?,14-,15+/m1/s1. The van der Waals surface area contributed by atoms with Gasteiger partial charge in [0.2, 0.25) is 5.91 Å². The van der Waals surface area contributed by atoms with Gasteiger partial charge in [-0.25, -0.2) is 0 Å². The Hall–Kier alpha value is -1.36. The molecule has 0 saturated carbocycles. The average Bonchev–Trinajstić information content (AvgIpc) is 3.15. The summed E-state index contributed by atoms with van der Waals surface area (Å²) in [6.45, 7) is 5.80. The number of amides is 1. The van der Waals surface area contributed by atoms with Crippen LogP contribution in [0.15, 0.2) is 12.4 Å². The minimum atomic E-state index is 0.0739. The SMILES string of the molecule is CCC1CCCN(C(=O)[C@H]2CNC[C@@H]2c2cnn(C)c2)C1. The molecule has 1 aromatic rings. The minimum absolute atomic E-state index is 0.0739. The third-order valence-electron chi connectivity index (χ3n) is 5.09. The first-order valence-corrected chi connectivity index (χ1v) is 8.17. The summed E-state index contributed by atoms with van der Waals surface area (Å²) < 4.78 is 1.82. The third kappa shape index (κ3) is 2.98. The summed E-state index contributed by atoms with van der Waals surface area (Å²) in [6.07, 6.45) is 7.56. The highest BCUT2D eigenvalue weighted by Gasteiger charge is 2.38. The molecule has 1 N–H and O–H groups in total. The van der Waals surface area contributed by atoms with Crippen LogP contribution in [0.4, 0.5) is 0 Å². The van der Waals surface area contributed by atoms with Crippen LogP contribution in [-0.2, 0) is 11.8 Å². The lowest BCUT2D eigenvalue weighted by Gasteiger charge is -2.34. The van der Waals surface area contributed by atoms with E-state index in [1.54, 1.807) is 0 Å². The van der Waals surface area contributed by atoms with Crippen LogP contribution in [0.1, 0.15) is 37.7 Å². The second-order valence-electron chi connectivity index (χ2n) is 6.52. The van der Waals surface area contributed by atoms with Crippen LogP contribution in [0.3, 0.4) is 0 Å². The molecule has 1 amide bonds. The van der Waals surface area contributed by atoms with Crippen LogP contribution in [0, 0.1) is 11.8 Å². The van der Waals surface area contributed by atoms with E-state index in [-0.39, 0.29) is 11.8 Å². The lowest BCUT2D eigenvalue weighted by atomic mass is 9.88. The fraction of sp³-hybridized carbons (Fsp3) is 0.750. The van der Waals surface area contributed by atoms with Crippen molar-refractivity contribution >= 4 is 5.91 Å². The Labute approximate surface area is 126 Å². The summed E-state index contributed by atoms with van der Waals surface area (Å²) in [6, 6.07) is 0. The van der Waals surface area contributed by atoms with E-state index in [0.717, 1.165) is 32.6 Å². The lowest BCUT2D eigenvalue weighted by Crippen LogP contribution is -2.44. The van der Waals surface area contributed by atoms with Crippen molar-refractivity contribution in [1.82, 2.24) is 20.0 Å². The van der Waals surface area contributed by atoms with Crippen molar-refractivity contribution in [2.75, 3.05) is 26.2 Å². The number of aromatic nitrogens is 2. The Bertz CT molecular complexity index is 498. The molecule has 2 aliphatic rings. The largest absolute Gasteiger partial charge is 0.342 e.